The topological polar surface area (TPSA) is 12.0 Å². The third-order valence-corrected chi connectivity index (χ3v) is 3.65. The molecule has 0 heterocycles. The summed E-state index contributed by atoms with van der Waals surface area (Å²) in [6.07, 6.45) is 4.91. The van der Waals surface area contributed by atoms with E-state index in [1.165, 1.54) is 18.9 Å². The first-order valence-electron chi connectivity index (χ1n) is 6.38. The number of hydrogen-bond donors (Lipinski definition) is 1. The number of nitrogens with one attached hydrogen (secondary N) is 1. The average Bonchev–Trinajstić information content (AvgIpc) is 3.06. The second kappa shape index (κ2) is 5.96. The van der Waals surface area contributed by atoms with Gasteiger partial charge < -0.3 is 5.32 Å². The van der Waals surface area contributed by atoms with Gasteiger partial charge in [0.1, 0.15) is 5.82 Å². The van der Waals surface area contributed by atoms with E-state index in [-0.39, 0.29) is 5.82 Å². The average molecular weight is 300 g/mol. The van der Waals surface area contributed by atoms with Crippen molar-refractivity contribution in [3.63, 3.8) is 0 Å². The molecule has 0 aromatic heterocycles. The Kier molecular flexibility index (Phi) is 4.57. The normalized spacial score (nSPS) is 17.1. The van der Waals surface area contributed by atoms with Gasteiger partial charge in [0.25, 0.3) is 0 Å². The molecular formula is C14H19BrFN. The Bertz CT molecular complexity index is 356. The van der Waals surface area contributed by atoms with Crippen LogP contribution in [-0.4, -0.2) is 6.54 Å². The van der Waals surface area contributed by atoms with E-state index in [2.05, 4.69) is 28.2 Å². The van der Waals surface area contributed by atoms with Crippen LogP contribution in [0.5, 0.6) is 0 Å². The van der Waals surface area contributed by atoms with Crippen LogP contribution in [0.2, 0.25) is 0 Å². The summed E-state index contributed by atoms with van der Waals surface area (Å²) in [6.45, 7) is 3.15. The minimum Gasteiger partial charge on any atom is -0.310 e. The van der Waals surface area contributed by atoms with Gasteiger partial charge in [-0.15, -0.1) is 0 Å². The fraction of sp³-hybridized carbons (Fsp3) is 0.571. The highest BCUT2D eigenvalue weighted by atomic mass is 79.9. The molecule has 3 heteroatoms. The van der Waals surface area contributed by atoms with E-state index in [1.54, 1.807) is 6.07 Å². The maximum absolute atomic E-state index is 13.4. The van der Waals surface area contributed by atoms with Crippen molar-refractivity contribution in [3.05, 3.63) is 34.1 Å². The summed E-state index contributed by atoms with van der Waals surface area (Å²) in [5.41, 5.74) is 1.07. The third-order valence-electron chi connectivity index (χ3n) is 3.19. The number of halogens is 2. The van der Waals surface area contributed by atoms with E-state index < -0.39 is 0 Å². The molecule has 1 aliphatic rings. The molecule has 94 valence electrons. The molecule has 0 radical (unpaired) electrons. The van der Waals surface area contributed by atoms with Crippen LogP contribution in [0.1, 0.15) is 44.2 Å². The summed E-state index contributed by atoms with van der Waals surface area (Å²) in [4.78, 5) is 0. The first-order valence-corrected chi connectivity index (χ1v) is 7.17. The molecule has 0 amide bonds. The zero-order valence-corrected chi connectivity index (χ0v) is 11.8. The van der Waals surface area contributed by atoms with Crippen LogP contribution in [-0.2, 0) is 0 Å². The van der Waals surface area contributed by atoms with Crippen molar-refractivity contribution in [1.82, 2.24) is 5.32 Å². The number of rotatable bonds is 6. The molecule has 1 atom stereocenters. The molecule has 1 aromatic rings. The Morgan fingerprint density at radius 3 is 2.76 bits per heavy atom. The molecule has 0 aliphatic heterocycles. The lowest BCUT2D eigenvalue weighted by molar-refractivity contribution is 0.471. The van der Waals surface area contributed by atoms with Gasteiger partial charge in [-0.1, -0.05) is 35.7 Å². The lowest BCUT2D eigenvalue weighted by Gasteiger charge is -2.19. The maximum Gasteiger partial charge on any atom is 0.124 e. The smallest absolute Gasteiger partial charge is 0.124 e. The van der Waals surface area contributed by atoms with Crippen LogP contribution in [0.3, 0.4) is 0 Å². The predicted octanol–water partition coefficient (Wildman–Crippen LogP) is 4.43. The van der Waals surface area contributed by atoms with Crippen molar-refractivity contribution in [1.29, 1.82) is 0 Å². The van der Waals surface area contributed by atoms with Crippen molar-refractivity contribution in [3.8, 4) is 0 Å². The van der Waals surface area contributed by atoms with Gasteiger partial charge in [-0.3, -0.25) is 0 Å². The highest BCUT2D eigenvalue weighted by molar-refractivity contribution is 9.10. The molecule has 1 fully saturated rings. The number of benzene rings is 1. The molecule has 2 rings (SSSR count). The predicted molar refractivity (Wildman–Crippen MR) is 72.5 cm³/mol. The van der Waals surface area contributed by atoms with Gasteiger partial charge in [-0.05, 0) is 49.1 Å². The standard InChI is InChI=1S/C14H19BrFN/c1-2-5-17-14(6-10-3-4-10)11-7-12(15)9-13(16)8-11/h7-10,14,17H,2-6H2,1H3. The first-order chi connectivity index (χ1) is 8.19. The van der Waals surface area contributed by atoms with Crippen LogP contribution in [0.15, 0.2) is 22.7 Å². The van der Waals surface area contributed by atoms with Gasteiger partial charge in [0, 0.05) is 10.5 Å². The minimum atomic E-state index is -0.159. The zero-order valence-electron chi connectivity index (χ0n) is 10.2. The Morgan fingerprint density at radius 2 is 2.18 bits per heavy atom. The monoisotopic (exact) mass is 299 g/mol. The van der Waals surface area contributed by atoms with Gasteiger partial charge in [-0.2, -0.15) is 0 Å². The van der Waals surface area contributed by atoms with Crippen molar-refractivity contribution < 1.29 is 4.39 Å². The summed E-state index contributed by atoms with van der Waals surface area (Å²) in [6, 6.07) is 5.49. The third kappa shape index (κ3) is 4.07. The summed E-state index contributed by atoms with van der Waals surface area (Å²) in [5, 5.41) is 3.52. The maximum atomic E-state index is 13.4. The van der Waals surface area contributed by atoms with Gasteiger partial charge in [0.15, 0.2) is 0 Å². The van der Waals surface area contributed by atoms with E-state index in [0.717, 1.165) is 35.3 Å². The molecule has 1 nitrogen and oxygen atoms in total. The Morgan fingerprint density at radius 1 is 1.41 bits per heavy atom. The van der Waals surface area contributed by atoms with E-state index in [1.807, 2.05) is 6.07 Å². The molecule has 0 spiro atoms. The molecular weight excluding hydrogens is 281 g/mol. The molecule has 17 heavy (non-hydrogen) atoms. The van der Waals surface area contributed by atoms with Crippen molar-refractivity contribution in [2.75, 3.05) is 6.54 Å². The highest BCUT2D eigenvalue weighted by Crippen LogP contribution is 2.38. The molecule has 1 aliphatic carbocycles. The highest BCUT2D eigenvalue weighted by Gasteiger charge is 2.26. The molecule has 0 saturated heterocycles. The molecule has 1 unspecified atom stereocenters. The van der Waals surface area contributed by atoms with E-state index in [4.69, 9.17) is 0 Å². The Hall–Kier alpha value is -0.410. The lowest BCUT2D eigenvalue weighted by Crippen LogP contribution is -2.22. The van der Waals surface area contributed by atoms with Gasteiger partial charge in [0.2, 0.25) is 0 Å². The summed E-state index contributed by atoms with van der Waals surface area (Å²) in [7, 11) is 0. The van der Waals surface area contributed by atoms with Gasteiger partial charge in [0.05, 0.1) is 0 Å². The Labute approximate surface area is 111 Å². The van der Waals surface area contributed by atoms with Crippen LogP contribution in [0.4, 0.5) is 4.39 Å². The lowest BCUT2D eigenvalue weighted by atomic mass is 10.0. The zero-order chi connectivity index (χ0) is 12.3. The van der Waals surface area contributed by atoms with Gasteiger partial charge >= 0.3 is 0 Å². The Balaban J connectivity index is 2.10. The molecule has 1 N–H and O–H groups in total. The first kappa shape index (κ1) is 13.0. The van der Waals surface area contributed by atoms with Crippen molar-refractivity contribution in [2.24, 2.45) is 5.92 Å². The molecule has 1 saturated carbocycles. The fourth-order valence-electron chi connectivity index (χ4n) is 2.12. The van der Waals surface area contributed by atoms with Crippen molar-refractivity contribution in [2.45, 2.75) is 38.6 Å². The second-order valence-corrected chi connectivity index (χ2v) is 5.80. The summed E-state index contributed by atoms with van der Waals surface area (Å²) < 4.78 is 14.2. The van der Waals surface area contributed by atoms with Crippen LogP contribution < -0.4 is 5.32 Å². The van der Waals surface area contributed by atoms with E-state index in [0.29, 0.717) is 6.04 Å². The number of hydrogen-bond acceptors (Lipinski definition) is 1. The minimum absolute atomic E-state index is 0.159. The molecule has 0 bridgehead atoms. The van der Waals surface area contributed by atoms with Crippen molar-refractivity contribution >= 4 is 15.9 Å². The van der Waals surface area contributed by atoms with Crippen LogP contribution in [0, 0.1) is 11.7 Å². The van der Waals surface area contributed by atoms with Crippen LogP contribution >= 0.6 is 15.9 Å². The summed E-state index contributed by atoms with van der Waals surface area (Å²) in [5.74, 6) is 0.680. The SMILES string of the molecule is CCCNC(CC1CC1)c1cc(F)cc(Br)c1. The quantitative estimate of drug-likeness (QED) is 0.819. The van der Waals surface area contributed by atoms with E-state index >= 15 is 0 Å². The van der Waals surface area contributed by atoms with Gasteiger partial charge in [-0.25, -0.2) is 4.39 Å². The van der Waals surface area contributed by atoms with Crippen LogP contribution in [0.25, 0.3) is 0 Å². The summed E-state index contributed by atoms with van der Waals surface area (Å²) >= 11 is 3.36. The fourth-order valence-corrected chi connectivity index (χ4v) is 2.60. The largest absolute Gasteiger partial charge is 0.310 e. The second-order valence-electron chi connectivity index (χ2n) is 4.89. The molecule has 1 aromatic carbocycles. The van der Waals surface area contributed by atoms with E-state index in [9.17, 15) is 4.39 Å².